The third kappa shape index (κ3) is 5.43. The second kappa shape index (κ2) is 11.6. The maximum absolute atomic E-state index is 4.48. The van der Waals surface area contributed by atoms with E-state index in [9.17, 15) is 0 Å². The molecule has 0 aliphatic heterocycles. The smallest absolute Gasteiger partial charge is 0.0716 e. The molecule has 4 heteroatoms. The average molecular weight is 623 g/mol. The van der Waals surface area contributed by atoms with Crippen molar-refractivity contribution in [2.75, 3.05) is 0 Å². The summed E-state index contributed by atoms with van der Waals surface area (Å²) in [5.41, 5.74) is 4.27. The van der Waals surface area contributed by atoms with E-state index >= 15 is 0 Å². The van der Waals surface area contributed by atoms with Gasteiger partial charge in [-0.3, -0.25) is 4.98 Å². The van der Waals surface area contributed by atoms with Crippen molar-refractivity contribution >= 4 is 31.5 Å². The average Bonchev–Trinajstić information content (AvgIpc) is 3.25. The van der Waals surface area contributed by atoms with Crippen LogP contribution in [0, 0.1) is 13.5 Å². The Bertz CT molecular complexity index is 1380. The van der Waals surface area contributed by atoms with Crippen molar-refractivity contribution in [3.05, 3.63) is 129 Å². The normalized spacial score (nSPS) is 9.94. The van der Waals surface area contributed by atoms with Gasteiger partial charge >= 0.3 is 0 Å². The number of fused-ring (bicyclic) bond motifs is 3. The minimum absolute atomic E-state index is 0. The quantitative estimate of drug-likeness (QED) is 0.182. The van der Waals surface area contributed by atoms with Gasteiger partial charge in [0, 0.05) is 58.2 Å². The maximum Gasteiger partial charge on any atom is 0.0716 e. The number of aromatic nitrogens is 2. The minimum atomic E-state index is 0. The zero-order valence-corrected chi connectivity index (χ0v) is 21.3. The van der Waals surface area contributed by atoms with Gasteiger partial charge in [-0.05, 0) is 30.0 Å². The van der Waals surface area contributed by atoms with Gasteiger partial charge in [-0.25, -0.2) is 0 Å². The first kappa shape index (κ1) is 24.5. The van der Waals surface area contributed by atoms with Gasteiger partial charge in [-0.1, -0.05) is 54.6 Å². The Morgan fingerprint density at radius 2 is 1.27 bits per heavy atom. The molecule has 0 amide bonds. The zero-order valence-electron chi connectivity index (χ0n) is 18.1. The summed E-state index contributed by atoms with van der Waals surface area (Å²) < 4.78 is 2.66. The van der Waals surface area contributed by atoms with E-state index in [0.29, 0.717) is 0 Å². The summed E-state index contributed by atoms with van der Waals surface area (Å²) in [6.07, 6.45) is 3.64. The van der Waals surface area contributed by atoms with Crippen molar-refractivity contribution in [1.82, 2.24) is 9.97 Å². The Balaban J connectivity index is 0.000000192. The van der Waals surface area contributed by atoms with E-state index in [1.807, 2.05) is 72.1 Å². The topological polar surface area (TPSA) is 25.8 Å². The van der Waals surface area contributed by atoms with Gasteiger partial charge in [0.25, 0.3) is 0 Å². The van der Waals surface area contributed by atoms with Crippen LogP contribution in [0.25, 0.3) is 42.7 Å². The van der Waals surface area contributed by atoms with Crippen molar-refractivity contribution in [3.63, 3.8) is 0 Å². The molecule has 0 unspecified atom stereocenters. The summed E-state index contributed by atoms with van der Waals surface area (Å²) in [6, 6.07) is 37.9. The Morgan fingerprint density at radius 1 is 0.606 bits per heavy atom. The standard InChI is InChI=1S/C17H11NS.C11H8N.CH3.Ir/c1-2-10-16-12(6-1)13-7-5-8-14(17(13)19-16)15-9-3-4-11-18-15;1-2-6-10(7-3-1)11-8-4-5-9-12-11;;/h1-11H;1-6,8-9H;1H3;/q;2*-1;. The molecule has 3 heterocycles. The third-order valence-electron chi connectivity index (χ3n) is 5.00. The molecule has 0 spiro atoms. The van der Waals surface area contributed by atoms with Gasteiger partial charge in [0.2, 0.25) is 0 Å². The molecule has 1 radical (unpaired) electrons. The predicted octanol–water partition coefficient (Wildman–Crippen LogP) is 8.11. The number of benzene rings is 3. The third-order valence-corrected chi connectivity index (χ3v) is 6.21. The molecule has 0 saturated carbocycles. The molecule has 165 valence electrons. The molecule has 0 bridgehead atoms. The Morgan fingerprint density at radius 3 is 1.97 bits per heavy atom. The van der Waals surface area contributed by atoms with E-state index in [1.54, 1.807) is 6.20 Å². The Hall–Kier alpha value is -3.17. The minimum Gasteiger partial charge on any atom is -0.358 e. The van der Waals surface area contributed by atoms with Crippen molar-refractivity contribution in [2.24, 2.45) is 0 Å². The zero-order chi connectivity index (χ0) is 20.9. The van der Waals surface area contributed by atoms with Crippen LogP contribution >= 0.6 is 11.3 Å². The molecule has 0 atom stereocenters. The molecule has 33 heavy (non-hydrogen) atoms. The molecule has 0 aliphatic carbocycles. The number of nitrogens with zero attached hydrogens (tertiary/aromatic N) is 2. The van der Waals surface area contributed by atoms with Crippen LogP contribution in [0.3, 0.4) is 0 Å². The van der Waals surface area contributed by atoms with Gasteiger partial charge in [-0.2, -0.15) is 0 Å². The largest absolute Gasteiger partial charge is 0.358 e. The summed E-state index contributed by atoms with van der Waals surface area (Å²) in [6.45, 7) is 0. The summed E-state index contributed by atoms with van der Waals surface area (Å²) >= 11 is 1.84. The van der Waals surface area contributed by atoms with E-state index in [1.165, 1.54) is 25.7 Å². The van der Waals surface area contributed by atoms with Crippen LogP contribution in [0.5, 0.6) is 0 Å². The van der Waals surface area contributed by atoms with Crippen molar-refractivity contribution in [1.29, 1.82) is 0 Å². The van der Waals surface area contributed by atoms with Crippen molar-refractivity contribution in [2.45, 2.75) is 0 Å². The van der Waals surface area contributed by atoms with Crippen LogP contribution in [0.15, 0.2) is 116 Å². The molecule has 3 aromatic heterocycles. The summed E-state index contributed by atoms with van der Waals surface area (Å²) in [7, 11) is 0. The summed E-state index contributed by atoms with van der Waals surface area (Å²) in [5, 5.41) is 2.66. The van der Waals surface area contributed by atoms with Gasteiger partial charge in [-0.15, -0.1) is 47.2 Å². The first-order valence-corrected chi connectivity index (χ1v) is 10.9. The maximum atomic E-state index is 4.48. The van der Waals surface area contributed by atoms with Gasteiger partial charge < -0.3 is 12.4 Å². The van der Waals surface area contributed by atoms with Gasteiger partial charge in [0.15, 0.2) is 0 Å². The van der Waals surface area contributed by atoms with Crippen LogP contribution in [-0.2, 0) is 20.1 Å². The first-order valence-electron chi connectivity index (χ1n) is 10.1. The van der Waals surface area contributed by atoms with Crippen molar-refractivity contribution < 1.29 is 20.1 Å². The van der Waals surface area contributed by atoms with E-state index in [4.69, 9.17) is 0 Å². The first-order chi connectivity index (χ1) is 15.4. The number of rotatable bonds is 2. The summed E-state index contributed by atoms with van der Waals surface area (Å²) in [5.74, 6) is 0. The van der Waals surface area contributed by atoms with Gasteiger partial charge in [0.05, 0.1) is 5.69 Å². The van der Waals surface area contributed by atoms with E-state index in [2.05, 4.69) is 64.6 Å². The Kier molecular flexibility index (Phi) is 8.62. The molecule has 3 aromatic carbocycles. The van der Waals surface area contributed by atoms with Crippen molar-refractivity contribution in [3.8, 4) is 22.5 Å². The Labute approximate surface area is 212 Å². The molecule has 2 nitrogen and oxygen atoms in total. The summed E-state index contributed by atoms with van der Waals surface area (Å²) in [4.78, 5) is 8.69. The molecule has 0 N–H and O–H groups in total. The van der Waals surface area contributed by atoms with Gasteiger partial charge in [0.1, 0.15) is 0 Å². The molecule has 0 fully saturated rings. The molecular formula is C29H22IrN2S-2. The van der Waals surface area contributed by atoms with Crippen LogP contribution in [0.4, 0.5) is 0 Å². The number of hydrogen-bond acceptors (Lipinski definition) is 3. The predicted molar refractivity (Wildman–Crippen MR) is 137 cm³/mol. The second-order valence-electron chi connectivity index (χ2n) is 6.99. The van der Waals surface area contributed by atoms with E-state index < -0.39 is 0 Å². The molecule has 6 rings (SSSR count). The van der Waals surface area contributed by atoms with Crippen LogP contribution < -0.4 is 0 Å². The van der Waals surface area contributed by atoms with E-state index in [0.717, 1.165) is 17.0 Å². The molecule has 0 aliphatic rings. The van der Waals surface area contributed by atoms with Crippen LogP contribution in [0.1, 0.15) is 0 Å². The number of hydrogen-bond donors (Lipinski definition) is 0. The molecule has 0 saturated heterocycles. The fraction of sp³-hybridized carbons (Fsp3) is 0. The monoisotopic (exact) mass is 623 g/mol. The number of pyridine rings is 2. The van der Waals surface area contributed by atoms with E-state index in [-0.39, 0.29) is 27.5 Å². The SMILES string of the molecule is [CH3-].[Ir].[c-]1ccccc1-c1ccccn1.c1ccc(-c2cccc3c2sc2ccccc23)nc1. The van der Waals surface area contributed by atoms with Crippen LogP contribution in [0.2, 0.25) is 0 Å². The fourth-order valence-electron chi connectivity index (χ4n) is 3.55. The second-order valence-corrected chi connectivity index (χ2v) is 8.04. The molecule has 6 aromatic rings. The molecular weight excluding hydrogens is 601 g/mol. The fourth-order valence-corrected chi connectivity index (χ4v) is 4.77. The van der Waals surface area contributed by atoms with Crippen LogP contribution in [-0.4, -0.2) is 9.97 Å². The number of thiophene rings is 1.